The van der Waals surface area contributed by atoms with Crippen LogP contribution >= 0.6 is 0 Å². The van der Waals surface area contributed by atoms with Crippen LogP contribution in [0.1, 0.15) is 37.9 Å². The highest BCUT2D eigenvalue weighted by atomic mass is 32.2. The van der Waals surface area contributed by atoms with Crippen LogP contribution in [0.25, 0.3) is 0 Å². The normalized spacial score (nSPS) is 12.8. The van der Waals surface area contributed by atoms with Crippen LogP contribution < -0.4 is 9.44 Å². The van der Waals surface area contributed by atoms with Crippen molar-refractivity contribution in [2.45, 2.75) is 32.9 Å². The van der Waals surface area contributed by atoms with Gasteiger partial charge in [-0.15, -0.1) is 0 Å². The van der Waals surface area contributed by atoms with Crippen LogP contribution in [0.2, 0.25) is 0 Å². The molecule has 0 aromatic heterocycles. The summed E-state index contributed by atoms with van der Waals surface area (Å²) in [5, 5.41) is 8.61. The quantitative estimate of drug-likeness (QED) is 0.707. The molecule has 0 amide bonds. The Bertz CT molecular complexity index is 583. The van der Waals surface area contributed by atoms with Gasteiger partial charge in [0.1, 0.15) is 6.61 Å². The number of hydrogen-bond acceptors (Lipinski definition) is 3. The minimum absolute atomic E-state index is 0.157. The Morgan fingerprint density at radius 3 is 2.25 bits per heavy atom. The van der Waals surface area contributed by atoms with Crippen LogP contribution in [0.5, 0.6) is 0 Å². The topological polar surface area (TPSA) is 78.4 Å². The highest BCUT2D eigenvalue weighted by Crippen LogP contribution is 2.13. The van der Waals surface area contributed by atoms with E-state index >= 15 is 0 Å². The zero-order valence-electron chi connectivity index (χ0n) is 11.8. The summed E-state index contributed by atoms with van der Waals surface area (Å²) in [6, 6.07) is 6.70. The highest BCUT2D eigenvalue weighted by molar-refractivity contribution is 7.87. The van der Waals surface area contributed by atoms with E-state index in [1.807, 2.05) is 12.1 Å². The number of hydrogen-bond donors (Lipinski definition) is 3. The van der Waals surface area contributed by atoms with Gasteiger partial charge in [-0.25, -0.2) is 0 Å². The predicted octanol–water partition coefficient (Wildman–Crippen LogP) is 0.924. The molecule has 0 fully saturated rings. The summed E-state index contributed by atoms with van der Waals surface area (Å²) >= 11 is 0. The Balaban J connectivity index is 2.75. The monoisotopic (exact) mass is 296 g/mol. The number of aliphatic hydroxyl groups is 1. The van der Waals surface area contributed by atoms with Gasteiger partial charge in [-0.05, 0) is 38.5 Å². The lowest BCUT2D eigenvalue weighted by Crippen LogP contribution is -2.41. The van der Waals surface area contributed by atoms with Gasteiger partial charge in [0.2, 0.25) is 0 Å². The zero-order valence-corrected chi connectivity index (χ0v) is 12.7. The first-order valence-corrected chi connectivity index (χ1v) is 7.81. The van der Waals surface area contributed by atoms with Gasteiger partial charge in [0.05, 0.1) is 0 Å². The first-order chi connectivity index (χ1) is 9.34. The maximum Gasteiger partial charge on any atom is 0.277 e. The Labute approximate surface area is 120 Å². The van der Waals surface area contributed by atoms with Gasteiger partial charge < -0.3 is 5.11 Å². The maximum absolute atomic E-state index is 11.8. The average Bonchev–Trinajstić information content (AvgIpc) is 2.34. The molecule has 0 aliphatic carbocycles. The molecular weight excluding hydrogens is 276 g/mol. The molecule has 0 saturated carbocycles. The minimum atomic E-state index is -3.51. The molecule has 6 heteroatoms. The molecule has 3 N–H and O–H groups in total. The van der Waals surface area contributed by atoms with Gasteiger partial charge in [-0.3, -0.25) is 0 Å². The molecule has 1 rings (SSSR count). The average molecular weight is 296 g/mol. The van der Waals surface area contributed by atoms with E-state index in [1.54, 1.807) is 32.9 Å². The summed E-state index contributed by atoms with van der Waals surface area (Å²) in [4.78, 5) is 0. The lowest BCUT2D eigenvalue weighted by atomic mass is 10.1. The van der Waals surface area contributed by atoms with E-state index in [-0.39, 0.29) is 18.7 Å². The fraction of sp³-hybridized carbons (Fsp3) is 0.429. The molecule has 1 unspecified atom stereocenters. The lowest BCUT2D eigenvalue weighted by Gasteiger charge is -2.16. The smallest absolute Gasteiger partial charge is 0.277 e. The molecule has 1 atom stereocenters. The molecule has 0 aliphatic rings. The summed E-state index contributed by atoms with van der Waals surface area (Å²) in [5.74, 6) is 5.34. The van der Waals surface area contributed by atoms with Gasteiger partial charge in [-0.1, -0.05) is 24.0 Å². The van der Waals surface area contributed by atoms with Crippen molar-refractivity contribution in [3.63, 3.8) is 0 Å². The van der Waals surface area contributed by atoms with Crippen LogP contribution in [-0.2, 0) is 10.2 Å². The van der Waals surface area contributed by atoms with Gasteiger partial charge in [-0.2, -0.15) is 17.9 Å². The second-order valence-electron chi connectivity index (χ2n) is 4.70. The predicted molar refractivity (Wildman–Crippen MR) is 79.1 cm³/mol. The maximum atomic E-state index is 11.8. The molecular formula is C14H20N2O3S. The standard InChI is InChI=1S/C14H20N2O3S/c1-11(2)15-20(18,19)16-12(3)14-8-6-13(7-9-14)5-4-10-17/h6-9,11-12,15-17H,10H2,1-3H3. The Morgan fingerprint density at radius 1 is 1.15 bits per heavy atom. The second kappa shape index (κ2) is 7.41. The van der Waals surface area contributed by atoms with E-state index in [9.17, 15) is 8.42 Å². The molecule has 0 radical (unpaired) electrons. The number of nitrogens with one attached hydrogen (secondary N) is 2. The van der Waals surface area contributed by atoms with Crippen molar-refractivity contribution in [1.82, 2.24) is 9.44 Å². The number of benzene rings is 1. The van der Waals surface area contributed by atoms with Crippen molar-refractivity contribution in [3.8, 4) is 11.8 Å². The van der Waals surface area contributed by atoms with Crippen LogP contribution in [0.15, 0.2) is 24.3 Å². The van der Waals surface area contributed by atoms with E-state index in [0.717, 1.165) is 11.1 Å². The molecule has 110 valence electrons. The van der Waals surface area contributed by atoms with Crippen LogP contribution in [0, 0.1) is 11.8 Å². The van der Waals surface area contributed by atoms with Crippen molar-refractivity contribution in [3.05, 3.63) is 35.4 Å². The van der Waals surface area contributed by atoms with E-state index in [2.05, 4.69) is 21.3 Å². The van der Waals surface area contributed by atoms with Crippen molar-refractivity contribution in [2.24, 2.45) is 0 Å². The third-order valence-electron chi connectivity index (χ3n) is 2.45. The molecule has 5 nitrogen and oxygen atoms in total. The van der Waals surface area contributed by atoms with E-state index in [0.29, 0.717) is 0 Å². The molecule has 20 heavy (non-hydrogen) atoms. The van der Waals surface area contributed by atoms with Crippen molar-refractivity contribution in [2.75, 3.05) is 6.61 Å². The summed E-state index contributed by atoms with van der Waals surface area (Å²) in [5.41, 5.74) is 1.62. The van der Waals surface area contributed by atoms with Gasteiger partial charge in [0.25, 0.3) is 10.2 Å². The number of aliphatic hydroxyl groups excluding tert-OH is 1. The molecule has 0 spiro atoms. The Kier molecular flexibility index (Phi) is 6.17. The lowest BCUT2D eigenvalue weighted by molar-refractivity contribution is 0.350. The summed E-state index contributed by atoms with van der Waals surface area (Å²) < 4.78 is 28.5. The van der Waals surface area contributed by atoms with Crippen LogP contribution in [-0.4, -0.2) is 26.2 Å². The SMILES string of the molecule is CC(C)NS(=O)(=O)NC(C)c1ccc(C#CCO)cc1. The molecule has 0 saturated heterocycles. The largest absolute Gasteiger partial charge is 0.384 e. The highest BCUT2D eigenvalue weighted by Gasteiger charge is 2.16. The first kappa shape index (κ1) is 16.7. The van der Waals surface area contributed by atoms with Gasteiger partial charge in [0.15, 0.2) is 0 Å². The van der Waals surface area contributed by atoms with Crippen molar-refractivity contribution in [1.29, 1.82) is 0 Å². The van der Waals surface area contributed by atoms with Crippen molar-refractivity contribution >= 4 is 10.2 Å². The first-order valence-electron chi connectivity index (χ1n) is 6.33. The molecule has 1 aromatic carbocycles. The third-order valence-corrected chi connectivity index (χ3v) is 3.89. The zero-order chi connectivity index (χ0) is 15.2. The molecule has 0 aliphatic heterocycles. The summed E-state index contributed by atoms with van der Waals surface area (Å²) in [6.07, 6.45) is 0. The Morgan fingerprint density at radius 2 is 1.75 bits per heavy atom. The fourth-order valence-electron chi connectivity index (χ4n) is 1.64. The third kappa shape index (κ3) is 5.72. The van der Waals surface area contributed by atoms with E-state index in [1.165, 1.54) is 0 Å². The van der Waals surface area contributed by atoms with Crippen molar-refractivity contribution < 1.29 is 13.5 Å². The fourth-order valence-corrected chi connectivity index (χ4v) is 2.93. The van der Waals surface area contributed by atoms with E-state index < -0.39 is 10.2 Å². The van der Waals surface area contributed by atoms with Crippen LogP contribution in [0.4, 0.5) is 0 Å². The van der Waals surface area contributed by atoms with E-state index in [4.69, 9.17) is 5.11 Å². The second-order valence-corrected chi connectivity index (χ2v) is 6.18. The summed E-state index contributed by atoms with van der Waals surface area (Å²) in [6.45, 7) is 5.11. The molecule has 0 bridgehead atoms. The van der Waals surface area contributed by atoms with Crippen LogP contribution in [0.3, 0.4) is 0 Å². The Hall–Kier alpha value is -1.39. The van der Waals surface area contributed by atoms with Gasteiger partial charge >= 0.3 is 0 Å². The number of rotatable bonds is 5. The molecule has 1 aromatic rings. The van der Waals surface area contributed by atoms with Gasteiger partial charge in [0, 0.05) is 17.6 Å². The summed E-state index contributed by atoms with van der Waals surface area (Å²) in [7, 11) is -3.51. The minimum Gasteiger partial charge on any atom is -0.384 e. The molecule has 0 heterocycles.